The van der Waals surface area contributed by atoms with Gasteiger partial charge in [0, 0.05) is 48.7 Å². The van der Waals surface area contributed by atoms with Crippen molar-refractivity contribution in [1.29, 1.82) is 0 Å². The zero-order chi connectivity index (χ0) is 21.3. The van der Waals surface area contributed by atoms with Crippen molar-refractivity contribution in [2.24, 2.45) is 7.05 Å². The number of halogens is 1. The fourth-order valence-corrected chi connectivity index (χ4v) is 3.55. The van der Waals surface area contributed by atoms with Crippen molar-refractivity contribution in [2.45, 2.75) is 0 Å². The van der Waals surface area contributed by atoms with Crippen LogP contribution in [0.1, 0.15) is 10.5 Å². The van der Waals surface area contributed by atoms with Crippen molar-refractivity contribution in [2.75, 3.05) is 19.4 Å². The van der Waals surface area contributed by atoms with Gasteiger partial charge in [0.15, 0.2) is 0 Å². The maximum atomic E-state index is 12.1. The molecular weight excluding hydrogens is 493 g/mol. The van der Waals surface area contributed by atoms with E-state index in [0.717, 1.165) is 26.2 Å². The number of ether oxygens (including phenoxy) is 1. The van der Waals surface area contributed by atoms with Crippen molar-refractivity contribution in [3.8, 4) is 11.5 Å². The van der Waals surface area contributed by atoms with Crippen LogP contribution >= 0.6 is 22.6 Å². The number of imidazole rings is 1. The van der Waals surface area contributed by atoms with Gasteiger partial charge in [0.25, 0.3) is 5.91 Å². The van der Waals surface area contributed by atoms with Crippen molar-refractivity contribution < 1.29 is 9.53 Å². The quantitative estimate of drug-likeness (QED) is 0.388. The average molecular weight is 513 g/mol. The van der Waals surface area contributed by atoms with Crippen LogP contribution in [0.3, 0.4) is 0 Å². The van der Waals surface area contributed by atoms with Gasteiger partial charge in [-0.05, 0) is 59.0 Å². The third-order valence-corrected chi connectivity index (χ3v) is 5.20. The number of nitrogens with zero attached hydrogens (tertiary/aromatic N) is 4. The molecule has 30 heavy (non-hydrogen) atoms. The molecule has 0 fully saturated rings. The molecule has 8 heteroatoms. The van der Waals surface area contributed by atoms with E-state index < -0.39 is 0 Å². The summed E-state index contributed by atoms with van der Waals surface area (Å²) in [6.07, 6.45) is 1.56. The minimum atomic E-state index is -0.174. The average Bonchev–Trinajstić information content (AvgIpc) is 3.02. The number of nitrogens with one attached hydrogen (secondary N) is 1. The fraction of sp³-hybridized carbons (Fsp3) is 0.136. The number of aryl methyl sites for hydroxylation is 1. The van der Waals surface area contributed by atoms with E-state index in [0.29, 0.717) is 17.2 Å². The number of rotatable bonds is 5. The van der Waals surface area contributed by atoms with Crippen LogP contribution in [0.15, 0.2) is 60.8 Å². The molecule has 0 aliphatic rings. The highest BCUT2D eigenvalue weighted by Gasteiger charge is 2.12. The highest BCUT2D eigenvalue weighted by molar-refractivity contribution is 14.1. The van der Waals surface area contributed by atoms with Crippen LogP contribution in [-0.2, 0) is 7.05 Å². The third-order valence-electron chi connectivity index (χ3n) is 4.53. The number of carbonyl (C=O) groups is 1. The van der Waals surface area contributed by atoms with E-state index in [2.05, 4.69) is 39.0 Å². The first-order valence-electron chi connectivity index (χ1n) is 9.25. The maximum absolute atomic E-state index is 12.1. The lowest BCUT2D eigenvalue weighted by Crippen LogP contribution is -2.22. The number of hydrogen-bond acceptors (Lipinski definition) is 5. The number of fused-ring (bicyclic) bond motifs is 1. The molecule has 152 valence electrons. The molecule has 0 atom stereocenters. The van der Waals surface area contributed by atoms with E-state index in [1.807, 2.05) is 48.0 Å². The minimum absolute atomic E-state index is 0.174. The Labute approximate surface area is 187 Å². The van der Waals surface area contributed by atoms with Gasteiger partial charge in [-0.3, -0.25) is 9.78 Å². The van der Waals surface area contributed by atoms with E-state index in [-0.39, 0.29) is 5.91 Å². The highest BCUT2D eigenvalue weighted by atomic mass is 127. The summed E-state index contributed by atoms with van der Waals surface area (Å²) in [5, 5.41) is 3.36. The normalized spacial score (nSPS) is 10.8. The van der Waals surface area contributed by atoms with Crippen LogP contribution < -0.4 is 10.1 Å². The molecule has 0 aliphatic heterocycles. The van der Waals surface area contributed by atoms with Crippen LogP contribution in [0.4, 0.5) is 11.6 Å². The topological polar surface area (TPSA) is 72.3 Å². The van der Waals surface area contributed by atoms with Gasteiger partial charge in [0.2, 0.25) is 5.95 Å². The lowest BCUT2D eigenvalue weighted by Gasteiger charge is -2.11. The largest absolute Gasteiger partial charge is 0.457 e. The van der Waals surface area contributed by atoms with E-state index in [4.69, 9.17) is 9.72 Å². The number of anilines is 2. The van der Waals surface area contributed by atoms with Gasteiger partial charge in [-0.2, -0.15) is 0 Å². The summed E-state index contributed by atoms with van der Waals surface area (Å²) in [6, 6.07) is 17.2. The maximum Gasteiger partial charge on any atom is 0.272 e. The van der Waals surface area contributed by atoms with Crippen LogP contribution in [0.25, 0.3) is 11.0 Å². The highest BCUT2D eigenvalue weighted by Crippen LogP contribution is 2.28. The number of pyridine rings is 1. The third kappa shape index (κ3) is 4.23. The predicted molar refractivity (Wildman–Crippen MR) is 125 cm³/mol. The van der Waals surface area contributed by atoms with Gasteiger partial charge in [0.05, 0.1) is 11.0 Å². The Hall–Kier alpha value is -3.14. The molecular formula is C22H20IN5O2. The van der Waals surface area contributed by atoms with Crippen molar-refractivity contribution >= 4 is 51.2 Å². The fourth-order valence-electron chi connectivity index (χ4n) is 3.01. The predicted octanol–water partition coefficient (Wildman–Crippen LogP) is 4.81. The van der Waals surface area contributed by atoms with Gasteiger partial charge >= 0.3 is 0 Å². The second kappa shape index (κ2) is 8.31. The molecule has 0 spiro atoms. The number of aromatic nitrogens is 3. The number of amides is 1. The van der Waals surface area contributed by atoms with Crippen LogP contribution in [0.2, 0.25) is 0 Å². The Morgan fingerprint density at radius 3 is 2.67 bits per heavy atom. The van der Waals surface area contributed by atoms with E-state index in [9.17, 15) is 4.79 Å². The Bertz CT molecular complexity index is 1240. The summed E-state index contributed by atoms with van der Waals surface area (Å²) in [4.78, 5) is 22.4. The molecule has 4 aromatic rings. The van der Waals surface area contributed by atoms with Gasteiger partial charge < -0.3 is 19.5 Å². The molecule has 0 unspecified atom stereocenters. The first-order valence-corrected chi connectivity index (χ1v) is 10.3. The molecule has 0 saturated heterocycles. The summed E-state index contributed by atoms with van der Waals surface area (Å²) >= 11 is 2.28. The summed E-state index contributed by atoms with van der Waals surface area (Å²) in [7, 11) is 5.34. The molecule has 7 nitrogen and oxygen atoms in total. The second-order valence-corrected chi connectivity index (χ2v) is 8.20. The van der Waals surface area contributed by atoms with Gasteiger partial charge in [-0.25, -0.2) is 4.98 Å². The Balaban J connectivity index is 1.60. The lowest BCUT2D eigenvalue weighted by molar-refractivity contribution is 0.0821. The standard InChI is InChI=1S/C22H20IN5O2/c1-27(2)21(29)19-13-17(9-10-24-19)30-16-7-8-20-18(12-16)26-22(28(20)3)25-15-6-4-5-14(23)11-15/h4-13H,1-3H3,(H,25,26). The monoisotopic (exact) mass is 513 g/mol. The number of carbonyl (C=O) groups excluding carboxylic acids is 1. The van der Waals surface area contributed by atoms with Gasteiger partial charge in [0.1, 0.15) is 17.2 Å². The molecule has 0 bridgehead atoms. The summed E-state index contributed by atoms with van der Waals surface area (Å²) < 4.78 is 9.11. The Kier molecular flexibility index (Phi) is 5.58. The van der Waals surface area contributed by atoms with E-state index in [1.54, 1.807) is 32.4 Å². The molecule has 1 N–H and O–H groups in total. The number of hydrogen-bond donors (Lipinski definition) is 1. The van der Waals surface area contributed by atoms with Crippen molar-refractivity contribution in [3.63, 3.8) is 0 Å². The van der Waals surface area contributed by atoms with Crippen molar-refractivity contribution in [1.82, 2.24) is 19.4 Å². The smallest absolute Gasteiger partial charge is 0.272 e. The molecule has 0 radical (unpaired) electrons. The van der Waals surface area contributed by atoms with Gasteiger partial charge in [-0.1, -0.05) is 6.07 Å². The second-order valence-electron chi connectivity index (χ2n) is 6.96. The van der Waals surface area contributed by atoms with E-state index in [1.165, 1.54) is 4.90 Å². The minimum Gasteiger partial charge on any atom is -0.457 e. The zero-order valence-corrected chi connectivity index (χ0v) is 18.9. The first-order chi connectivity index (χ1) is 14.4. The van der Waals surface area contributed by atoms with Crippen LogP contribution in [0.5, 0.6) is 11.5 Å². The summed E-state index contributed by atoms with van der Waals surface area (Å²) in [5.74, 6) is 1.75. The van der Waals surface area contributed by atoms with Crippen LogP contribution in [-0.4, -0.2) is 39.4 Å². The molecule has 2 aromatic heterocycles. The van der Waals surface area contributed by atoms with Crippen LogP contribution in [0, 0.1) is 3.57 Å². The molecule has 2 heterocycles. The van der Waals surface area contributed by atoms with Gasteiger partial charge in [-0.15, -0.1) is 0 Å². The molecule has 4 rings (SSSR count). The first kappa shape index (κ1) is 20.1. The molecule has 2 aromatic carbocycles. The summed E-state index contributed by atoms with van der Waals surface area (Å²) in [6.45, 7) is 0. The molecule has 0 aliphatic carbocycles. The SMILES string of the molecule is CN(C)C(=O)c1cc(Oc2ccc3c(c2)nc(Nc2cccc(I)c2)n3C)ccn1. The molecule has 1 amide bonds. The van der Waals surface area contributed by atoms with E-state index >= 15 is 0 Å². The molecule has 0 saturated carbocycles. The summed E-state index contributed by atoms with van der Waals surface area (Å²) in [5.41, 5.74) is 3.10. The zero-order valence-electron chi connectivity index (χ0n) is 16.8. The Morgan fingerprint density at radius 1 is 1.10 bits per heavy atom. The van der Waals surface area contributed by atoms with Crippen molar-refractivity contribution in [3.05, 3.63) is 70.1 Å². The number of benzene rings is 2. The Morgan fingerprint density at radius 2 is 1.90 bits per heavy atom. The lowest BCUT2D eigenvalue weighted by atomic mass is 10.3.